The highest BCUT2D eigenvalue weighted by molar-refractivity contribution is 5.78. The van der Waals surface area contributed by atoms with Crippen LogP contribution in [0.15, 0.2) is 0 Å². The summed E-state index contributed by atoms with van der Waals surface area (Å²) in [5.74, 6) is -0.715. The summed E-state index contributed by atoms with van der Waals surface area (Å²) in [6.07, 6.45) is 9.43. The van der Waals surface area contributed by atoms with Gasteiger partial charge in [0, 0.05) is 18.1 Å². The van der Waals surface area contributed by atoms with E-state index >= 15 is 0 Å². The summed E-state index contributed by atoms with van der Waals surface area (Å²) >= 11 is 0. The fourth-order valence-electron chi connectivity index (χ4n) is 3.47. The minimum atomic E-state index is -0.788. The van der Waals surface area contributed by atoms with Crippen LogP contribution in [0.25, 0.3) is 0 Å². The van der Waals surface area contributed by atoms with Gasteiger partial charge in [-0.3, -0.25) is 10.1 Å². The monoisotopic (exact) mass is 282 g/mol. The SMILES string of the molecule is CC(CC(C)(NC1CC1)C(=O)O)N(C)C1CCCCC1. The van der Waals surface area contributed by atoms with Gasteiger partial charge in [-0.05, 0) is 53.0 Å². The molecule has 0 amide bonds. The third kappa shape index (κ3) is 3.95. The molecule has 0 aromatic heterocycles. The van der Waals surface area contributed by atoms with Gasteiger partial charge in [-0.1, -0.05) is 19.3 Å². The molecule has 20 heavy (non-hydrogen) atoms. The Hall–Kier alpha value is -0.610. The van der Waals surface area contributed by atoms with Gasteiger partial charge in [-0.15, -0.1) is 0 Å². The quantitative estimate of drug-likeness (QED) is 0.753. The van der Waals surface area contributed by atoms with E-state index in [1.807, 2.05) is 6.92 Å². The smallest absolute Gasteiger partial charge is 0.323 e. The highest BCUT2D eigenvalue weighted by Gasteiger charge is 2.40. The van der Waals surface area contributed by atoms with Crippen molar-refractivity contribution in [1.29, 1.82) is 0 Å². The van der Waals surface area contributed by atoms with E-state index in [1.54, 1.807) is 0 Å². The molecular formula is C16H30N2O2. The molecule has 0 aromatic rings. The van der Waals surface area contributed by atoms with E-state index in [1.165, 1.54) is 32.1 Å². The van der Waals surface area contributed by atoms with E-state index in [0.717, 1.165) is 12.8 Å². The number of hydrogen-bond donors (Lipinski definition) is 2. The highest BCUT2D eigenvalue weighted by Crippen LogP contribution is 2.28. The van der Waals surface area contributed by atoms with Crippen molar-refractivity contribution in [2.45, 2.75) is 88.9 Å². The van der Waals surface area contributed by atoms with E-state index in [0.29, 0.717) is 24.5 Å². The lowest BCUT2D eigenvalue weighted by molar-refractivity contribution is -0.145. The average Bonchev–Trinajstić information content (AvgIpc) is 3.22. The Balaban J connectivity index is 1.92. The van der Waals surface area contributed by atoms with Gasteiger partial charge in [0.1, 0.15) is 5.54 Å². The standard InChI is InChI=1S/C16H30N2O2/c1-12(18(3)14-7-5-4-6-8-14)11-16(2,15(19)20)17-13-9-10-13/h12-14,17H,4-11H2,1-3H3,(H,19,20). The third-order valence-corrected chi connectivity index (χ3v) is 5.12. The molecule has 0 radical (unpaired) electrons. The number of carbonyl (C=O) groups is 1. The van der Waals surface area contributed by atoms with Crippen LogP contribution in [0.5, 0.6) is 0 Å². The molecule has 0 spiro atoms. The molecule has 0 bridgehead atoms. The number of carboxylic acids is 1. The molecule has 116 valence electrons. The van der Waals surface area contributed by atoms with Crippen molar-refractivity contribution in [3.05, 3.63) is 0 Å². The maximum absolute atomic E-state index is 11.6. The van der Waals surface area contributed by atoms with Gasteiger partial charge in [0.2, 0.25) is 0 Å². The van der Waals surface area contributed by atoms with E-state index in [2.05, 4.69) is 24.2 Å². The number of carboxylic acid groups (broad SMARTS) is 1. The van der Waals surface area contributed by atoms with Crippen molar-refractivity contribution in [1.82, 2.24) is 10.2 Å². The topological polar surface area (TPSA) is 52.6 Å². The van der Waals surface area contributed by atoms with Crippen LogP contribution >= 0.6 is 0 Å². The van der Waals surface area contributed by atoms with Gasteiger partial charge < -0.3 is 10.0 Å². The number of aliphatic carboxylic acids is 1. The molecule has 0 aliphatic heterocycles. The minimum Gasteiger partial charge on any atom is -0.480 e. The molecule has 2 atom stereocenters. The Labute approximate surface area is 122 Å². The maximum atomic E-state index is 11.6. The van der Waals surface area contributed by atoms with E-state index < -0.39 is 11.5 Å². The first-order valence-corrected chi connectivity index (χ1v) is 8.15. The van der Waals surface area contributed by atoms with Crippen molar-refractivity contribution in [3.63, 3.8) is 0 Å². The summed E-state index contributed by atoms with van der Waals surface area (Å²) in [5, 5.41) is 12.9. The lowest BCUT2D eigenvalue weighted by Gasteiger charge is -2.39. The Morgan fingerprint density at radius 2 is 1.90 bits per heavy atom. The summed E-state index contributed by atoms with van der Waals surface area (Å²) in [6, 6.07) is 1.35. The predicted molar refractivity (Wildman–Crippen MR) is 80.9 cm³/mol. The van der Waals surface area contributed by atoms with Gasteiger partial charge >= 0.3 is 5.97 Å². The van der Waals surface area contributed by atoms with Crippen LogP contribution in [0.4, 0.5) is 0 Å². The van der Waals surface area contributed by atoms with Crippen LogP contribution in [-0.2, 0) is 4.79 Å². The van der Waals surface area contributed by atoms with E-state index in [-0.39, 0.29) is 0 Å². The van der Waals surface area contributed by atoms with Crippen LogP contribution < -0.4 is 5.32 Å². The molecule has 0 aromatic carbocycles. The molecule has 0 heterocycles. The van der Waals surface area contributed by atoms with Crippen molar-refractivity contribution in [2.24, 2.45) is 0 Å². The van der Waals surface area contributed by atoms with Crippen molar-refractivity contribution in [2.75, 3.05) is 7.05 Å². The lowest BCUT2D eigenvalue weighted by Crippen LogP contribution is -2.55. The van der Waals surface area contributed by atoms with Crippen LogP contribution in [0.1, 0.15) is 65.2 Å². The van der Waals surface area contributed by atoms with E-state index in [4.69, 9.17) is 0 Å². The summed E-state index contributed by atoms with van der Waals surface area (Å²) in [4.78, 5) is 14.0. The summed E-state index contributed by atoms with van der Waals surface area (Å²) in [6.45, 7) is 4.02. The molecule has 2 N–H and O–H groups in total. The van der Waals surface area contributed by atoms with Crippen LogP contribution in [0, 0.1) is 0 Å². The average molecular weight is 282 g/mol. The fourth-order valence-corrected chi connectivity index (χ4v) is 3.47. The number of hydrogen-bond acceptors (Lipinski definition) is 3. The maximum Gasteiger partial charge on any atom is 0.323 e. The minimum absolute atomic E-state index is 0.297. The third-order valence-electron chi connectivity index (χ3n) is 5.12. The van der Waals surface area contributed by atoms with Gasteiger partial charge in [-0.25, -0.2) is 0 Å². The lowest BCUT2D eigenvalue weighted by atomic mass is 9.89. The summed E-state index contributed by atoms with van der Waals surface area (Å²) < 4.78 is 0. The van der Waals surface area contributed by atoms with Gasteiger partial charge in [-0.2, -0.15) is 0 Å². The first-order chi connectivity index (χ1) is 9.42. The Morgan fingerprint density at radius 3 is 2.40 bits per heavy atom. The molecule has 4 heteroatoms. The molecular weight excluding hydrogens is 252 g/mol. The van der Waals surface area contributed by atoms with Crippen molar-refractivity contribution >= 4 is 5.97 Å². The first-order valence-electron chi connectivity index (χ1n) is 8.15. The zero-order chi connectivity index (χ0) is 14.8. The Morgan fingerprint density at radius 1 is 1.30 bits per heavy atom. The zero-order valence-corrected chi connectivity index (χ0v) is 13.2. The largest absolute Gasteiger partial charge is 0.480 e. The molecule has 2 aliphatic rings. The molecule has 2 saturated carbocycles. The second-order valence-corrected chi connectivity index (χ2v) is 7.07. The summed E-state index contributed by atoms with van der Waals surface area (Å²) in [7, 11) is 2.17. The predicted octanol–water partition coefficient (Wildman–Crippen LogP) is 2.62. The second-order valence-electron chi connectivity index (χ2n) is 7.07. The first kappa shape index (κ1) is 15.8. The van der Waals surface area contributed by atoms with Crippen molar-refractivity contribution in [3.8, 4) is 0 Å². The van der Waals surface area contributed by atoms with Crippen molar-refractivity contribution < 1.29 is 9.90 Å². The van der Waals surface area contributed by atoms with Gasteiger partial charge in [0.25, 0.3) is 0 Å². The number of rotatable bonds is 7. The Bertz CT molecular complexity index is 337. The molecule has 2 unspecified atom stereocenters. The normalized spacial score (nSPS) is 25.4. The fraction of sp³-hybridized carbons (Fsp3) is 0.938. The highest BCUT2D eigenvalue weighted by atomic mass is 16.4. The molecule has 2 aliphatic carbocycles. The molecule has 2 fully saturated rings. The van der Waals surface area contributed by atoms with Crippen LogP contribution in [0.3, 0.4) is 0 Å². The number of nitrogens with one attached hydrogen (secondary N) is 1. The molecule has 2 rings (SSSR count). The molecule has 4 nitrogen and oxygen atoms in total. The second kappa shape index (κ2) is 6.44. The van der Waals surface area contributed by atoms with Crippen LogP contribution in [-0.4, -0.2) is 46.7 Å². The zero-order valence-electron chi connectivity index (χ0n) is 13.2. The van der Waals surface area contributed by atoms with E-state index in [9.17, 15) is 9.90 Å². The molecule has 0 saturated heterocycles. The summed E-state index contributed by atoms with van der Waals surface area (Å²) in [5.41, 5.74) is -0.788. The van der Waals surface area contributed by atoms with Crippen LogP contribution in [0.2, 0.25) is 0 Å². The van der Waals surface area contributed by atoms with Gasteiger partial charge in [0.05, 0.1) is 0 Å². The van der Waals surface area contributed by atoms with Gasteiger partial charge in [0.15, 0.2) is 0 Å². The number of nitrogens with zero attached hydrogens (tertiary/aromatic N) is 1. The Kier molecular flexibility index (Phi) is 5.08.